The first kappa shape index (κ1) is 22.0. The number of aromatic carboxylic acids is 1. The predicted octanol–water partition coefficient (Wildman–Crippen LogP) is 6.78. The molecule has 0 spiro atoms. The second-order valence-electron chi connectivity index (χ2n) is 7.64. The molecule has 2 N–H and O–H groups in total. The maximum absolute atomic E-state index is 11.3. The van der Waals surface area contributed by atoms with Gasteiger partial charge in [0.25, 0.3) is 0 Å². The van der Waals surface area contributed by atoms with Crippen molar-refractivity contribution in [1.82, 2.24) is 0 Å². The largest absolute Gasteiger partial charge is 0.507 e. The summed E-state index contributed by atoms with van der Waals surface area (Å²) in [5.74, 6) is -1.18. The van der Waals surface area contributed by atoms with Crippen molar-refractivity contribution in [2.75, 3.05) is 0 Å². The summed E-state index contributed by atoms with van der Waals surface area (Å²) < 4.78 is 0. The van der Waals surface area contributed by atoms with E-state index in [1.165, 1.54) is 69.4 Å². The minimum Gasteiger partial charge on any atom is -0.507 e. The van der Waals surface area contributed by atoms with Gasteiger partial charge in [-0.2, -0.15) is 0 Å². The van der Waals surface area contributed by atoms with Crippen molar-refractivity contribution in [1.29, 1.82) is 0 Å². The monoisotopic (exact) mass is 382 g/mol. The number of unbranched alkanes of at least 4 members (excludes halogenated alkanes) is 9. The van der Waals surface area contributed by atoms with Gasteiger partial charge in [0.2, 0.25) is 0 Å². The van der Waals surface area contributed by atoms with Crippen LogP contribution in [0.4, 0.5) is 0 Å². The number of hydrogen-bond acceptors (Lipinski definition) is 2. The summed E-state index contributed by atoms with van der Waals surface area (Å²) in [7, 11) is 0. The summed E-state index contributed by atoms with van der Waals surface area (Å²) in [5, 5.41) is 18.9. The lowest BCUT2D eigenvalue weighted by molar-refractivity contribution is 0.0692. The molecule has 0 aliphatic carbocycles. The van der Waals surface area contributed by atoms with Gasteiger partial charge < -0.3 is 10.2 Å². The summed E-state index contributed by atoms with van der Waals surface area (Å²) in [6.07, 6.45) is 14.4. The third-order valence-electron chi connectivity index (χ3n) is 5.35. The number of benzene rings is 2. The zero-order valence-corrected chi connectivity index (χ0v) is 16.9. The fourth-order valence-electron chi connectivity index (χ4n) is 3.75. The molecule has 2 aromatic carbocycles. The number of carboxylic acid groups (broad SMARTS) is 1. The van der Waals surface area contributed by atoms with E-state index in [0.29, 0.717) is 0 Å². The van der Waals surface area contributed by atoms with Gasteiger partial charge in [0, 0.05) is 0 Å². The summed E-state index contributed by atoms with van der Waals surface area (Å²) in [5.41, 5.74) is 2.25. The third-order valence-corrected chi connectivity index (χ3v) is 5.35. The number of carboxylic acids is 1. The average Bonchev–Trinajstić information content (AvgIpc) is 2.69. The van der Waals surface area contributed by atoms with Gasteiger partial charge in [-0.1, -0.05) is 93.8 Å². The predicted molar refractivity (Wildman–Crippen MR) is 115 cm³/mol. The van der Waals surface area contributed by atoms with Crippen LogP contribution in [0.5, 0.6) is 5.75 Å². The number of aromatic hydroxyl groups is 1. The van der Waals surface area contributed by atoms with Gasteiger partial charge in [-0.05, 0) is 42.9 Å². The van der Waals surface area contributed by atoms with Crippen LogP contribution in [0.2, 0.25) is 0 Å². The molecule has 0 aliphatic rings. The minimum absolute atomic E-state index is 0.0646. The van der Waals surface area contributed by atoms with Crippen LogP contribution in [0.15, 0.2) is 48.5 Å². The fourth-order valence-corrected chi connectivity index (χ4v) is 3.75. The summed E-state index contributed by atoms with van der Waals surface area (Å²) in [4.78, 5) is 11.3. The SMILES string of the molecule is O=C(O)c1c(O)cccc1CCCCCCCCCCCCc1ccccc1. The van der Waals surface area contributed by atoms with Crippen LogP contribution < -0.4 is 0 Å². The normalized spacial score (nSPS) is 10.9. The molecule has 0 aromatic heterocycles. The van der Waals surface area contributed by atoms with E-state index < -0.39 is 5.97 Å². The first-order valence-corrected chi connectivity index (χ1v) is 10.8. The van der Waals surface area contributed by atoms with E-state index in [9.17, 15) is 15.0 Å². The molecule has 0 heterocycles. The molecule has 0 saturated carbocycles. The smallest absolute Gasteiger partial charge is 0.339 e. The highest BCUT2D eigenvalue weighted by Crippen LogP contribution is 2.23. The zero-order chi connectivity index (χ0) is 20.0. The van der Waals surface area contributed by atoms with Crippen molar-refractivity contribution in [2.45, 2.75) is 77.0 Å². The van der Waals surface area contributed by atoms with Crippen molar-refractivity contribution in [3.05, 3.63) is 65.2 Å². The molecule has 0 aliphatic heterocycles. The number of aryl methyl sites for hydroxylation is 2. The highest BCUT2D eigenvalue weighted by Gasteiger charge is 2.14. The van der Waals surface area contributed by atoms with E-state index in [1.807, 2.05) is 0 Å². The molecule has 0 fully saturated rings. The number of phenols is 1. The molecule has 2 rings (SSSR count). The molecular formula is C25H34O3. The first-order valence-electron chi connectivity index (χ1n) is 10.8. The molecule has 28 heavy (non-hydrogen) atoms. The Balaban J connectivity index is 1.44. The van der Waals surface area contributed by atoms with E-state index in [4.69, 9.17) is 0 Å². The van der Waals surface area contributed by atoms with Crippen LogP contribution in [0.3, 0.4) is 0 Å². The molecule has 3 nitrogen and oxygen atoms in total. The van der Waals surface area contributed by atoms with Gasteiger partial charge in [-0.3, -0.25) is 0 Å². The van der Waals surface area contributed by atoms with Crippen LogP contribution in [0.1, 0.15) is 85.7 Å². The topological polar surface area (TPSA) is 57.5 Å². The second-order valence-corrected chi connectivity index (χ2v) is 7.64. The van der Waals surface area contributed by atoms with E-state index in [1.54, 1.807) is 12.1 Å². The van der Waals surface area contributed by atoms with Crippen LogP contribution in [-0.2, 0) is 12.8 Å². The van der Waals surface area contributed by atoms with Gasteiger partial charge in [0.1, 0.15) is 11.3 Å². The van der Waals surface area contributed by atoms with E-state index in [2.05, 4.69) is 30.3 Å². The average molecular weight is 383 g/mol. The molecule has 0 unspecified atom stereocenters. The van der Waals surface area contributed by atoms with Crippen molar-refractivity contribution in [3.63, 3.8) is 0 Å². The van der Waals surface area contributed by atoms with Crippen LogP contribution in [0.25, 0.3) is 0 Å². The second kappa shape index (κ2) is 13.0. The molecule has 0 radical (unpaired) electrons. The first-order chi connectivity index (χ1) is 13.7. The molecule has 152 valence electrons. The summed E-state index contributed by atoms with van der Waals surface area (Å²) in [6, 6.07) is 15.7. The Bertz CT molecular complexity index is 694. The Kier molecular flexibility index (Phi) is 10.2. The Morgan fingerprint density at radius 2 is 1.18 bits per heavy atom. The lowest BCUT2D eigenvalue weighted by Gasteiger charge is -2.08. The molecule has 0 amide bonds. The Morgan fingerprint density at radius 1 is 0.643 bits per heavy atom. The molecule has 2 aromatic rings. The standard InChI is InChI=1S/C25H34O3/c26-23-20-14-19-22(24(23)25(27)28)18-13-8-6-4-2-1-3-5-7-10-15-21-16-11-9-12-17-21/h9,11-12,14,16-17,19-20,26H,1-8,10,13,15,18H2,(H,27,28). The van der Waals surface area contributed by atoms with Gasteiger partial charge in [-0.15, -0.1) is 0 Å². The van der Waals surface area contributed by atoms with E-state index in [-0.39, 0.29) is 11.3 Å². The summed E-state index contributed by atoms with van der Waals surface area (Å²) in [6.45, 7) is 0. The Morgan fingerprint density at radius 3 is 1.75 bits per heavy atom. The summed E-state index contributed by atoms with van der Waals surface area (Å²) >= 11 is 0. The van der Waals surface area contributed by atoms with Gasteiger partial charge in [0.15, 0.2) is 0 Å². The van der Waals surface area contributed by atoms with E-state index in [0.717, 1.165) is 24.8 Å². The van der Waals surface area contributed by atoms with E-state index >= 15 is 0 Å². The lowest BCUT2D eigenvalue weighted by Crippen LogP contribution is -2.03. The Hall–Kier alpha value is -2.29. The molecule has 3 heteroatoms. The van der Waals surface area contributed by atoms with Crippen molar-refractivity contribution in [2.24, 2.45) is 0 Å². The highest BCUT2D eigenvalue weighted by molar-refractivity contribution is 5.92. The zero-order valence-electron chi connectivity index (χ0n) is 16.9. The minimum atomic E-state index is -1.04. The lowest BCUT2D eigenvalue weighted by atomic mass is 9.99. The highest BCUT2D eigenvalue weighted by atomic mass is 16.4. The maximum atomic E-state index is 11.3. The molecule has 0 saturated heterocycles. The van der Waals surface area contributed by atoms with Crippen LogP contribution in [-0.4, -0.2) is 16.2 Å². The van der Waals surface area contributed by atoms with Gasteiger partial charge >= 0.3 is 5.97 Å². The maximum Gasteiger partial charge on any atom is 0.339 e. The number of rotatable bonds is 14. The van der Waals surface area contributed by atoms with Gasteiger partial charge in [-0.25, -0.2) is 4.79 Å². The fraction of sp³-hybridized carbons (Fsp3) is 0.480. The van der Waals surface area contributed by atoms with Crippen molar-refractivity contribution < 1.29 is 15.0 Å². The van der Waals surface area contributed by atoms with Crippen LogP contribution >= 0.6 is 0 Å². The van der Waals surface area contributed by atoms with Crippen molar-refractivity contribution in [3.8, 4) is 5.75 Å². The third kappa shape index (κ3) is 8.16. The Labute approximate surface area is 169 Å². The number of hydrogen-bond donors (Lipinski definition) is 2. The molecule has 0 bridgehead atoms. The van der Waals surface area contributed by atoms with Crippen molar-refractivity contribution >= 4 is 5.97 Å². The van der Waals surface area contributed by atoms with Gasteiger partial charge in [0.05, 0.1) is 0 Å². The quantitative estimate of drug-likeness (QED) is 0.354. The molecule has 0 atom stereocenters. The molecular weight excluding hydrogens is 348 g/mol. The number of carbonyl (C=O) groups is 1. The van der Waals surface area contributed by atoms with Crippen LogP contribution in [0, 0.1) is 0 Å².